The van der Waals surface area contributed by atoms with E-state index in [9.17, 15) is 0 Å². The zero-order chi connectivity index (χ0) is 13.7. The molecule has 2 unspecified atom stereocenters. The summed E-state index contributed by atoms with van der Waals surface area (Å²) in [4.78, 5) is 0. The summed E-state index contributed by atoms with van der Waals surface area (Å²) in [6, 6.07) is 9.25. The van der Waals surface area contributed by atoms with Gasteiger partial charge >= 0.3 is 0 Å². The van der Waals surface area contributed by atoms with Gasteiger partial charge in [-0.05, 0) is 57.2 Å². The van der Waals surface area contributed by atoms with Crippen molar-refractivity contribution < 1.29 is 4.74 Å². The van der Waals surface area contributed by atoms with E-state index in [0.717, 1.165) is 12.3 Å². The van der Waals surface area contributed by atoms with Gasteiger partial charge in [0.25, 0.3) is 0 Å². The number of ether oxygens (including phenoxy) is 1. The standard InChI is InChI=1S/C17H27NO/c1-4-18-15-9-7-8-14(12-15)16-10-5-6-11-17(16)19-13(2)3/h5-6,10-11,13-15,18H,4,7-9,12H2,1-3H3. The normalized spacial score (nSPS) is 23.6. The van der Waals surface area contributed by atoms with Crippen LogP contribution in [0.1, 0.15) is 57.9 Å². The molecule has 0 aromatic heterocycles. The lowest BCUT2D eigenvalue weighted by Crippen LogP contribution is -2.33. The first-order valence-corrected chi connectivity index (χ1v) is 7.69. The molecule has 0 bridgehead atoms. The average Bonchev–Trinajstić information content (AvgIpc) is 2.39. The van der Waals surface area contributed by atoms with Crippen LogP contribution in [0.15, 0.2) is 24.3 Å². The molecule has 1 aromatic carbocycles. The van der Waals surface area contributed by atoms with E-state index in [2.05, 4.69) is 50.4 Å². The Morgan fingerprint density at radius 1 is 1.26 bits per heavy atom. The number of para-hydroxylation sites is 1. The minimum Gasteiger partial charge on any atom is -0.491 e. The first kappa shape index (κ1) is 14.4. The maximum Gasteiger partial charge on any atom is 0.123 e. The van der Waals surface area contributed by atoms with Crippen LogP contribution in [0.5, 0.6) is 5.75 Å². The molecule has 2 rings (SSSR count). The summed E-state index contributed by atoms with van der Waals surface area (Å²) in [6.07, 6.45) is 5.41. The average molecular weight is 261 g/mol. The Balaban J connectivity index is 2.11. The number of benzene rings is 1. The summed E-state index contributed by atoms with van der Waals surface area (Å²) in [7, 11) is 0. The molecule has 1 N–H and O–H groups in total. The minimum absolute atomic E-state index is 0.245. The third kappa shape index (κ3) is 3.97. The summed E-state index contributed by atoms with van der Waals surface area (Å²) < 4.78 is 5.97. The highest BCUT2D eigenvalue weighted by atomic mass is 16.5. The Labute approximate surface area is 117 Å². The third-order valence-electron chi connectivity index (χ3n) is 3.89. The second-order valence-electron chi connectivity index (χ2n) is 5.82. The molecule has 0 amide bonds. The molecular weight excluding hydrogens is 234 g/mol. The van der Waals surface area contributed by atoms with Crippen LogP contribution in [-0.4, -0.2) is 18.7 Å². The van der Waals surface area contributed by atoms with Crippen molar-refractivity contribution in [3.05, 3.63) is 29.8 Å². The molecule has 2 heteroatoms. The predicted molar refractivity (Wildman–Crippen MR) is 80.9 cm³/mol. The number of hydrogen-bond acceptors (Lipinski definition) is 2. The molecule has 0 spiro atoms. The highest BCUT2D eigenvalue weighted by molar-refractivity contribution is 5.36. The van der Waals surface area contributed by atoms with Gasteiger partial charge in [0.05, 0.1) is 6.10 Å². The van der Waals surface area contributed by atoms with Crippen molar-refractivity contribution in [1.82, 2.24) is 5.32 Å². The molecule has 19 heavy (non-hydrogen) atoms. The molecule has 2 nitrogen and oxygen atoms in total. The van der Waals surface area contributed by atoms with Gasteiger partial charge in [0.15, 0.2) is 0 Å². The van der Waals surface area contributed by atoms with Gasteiger partial charge in [-0.3, -0.25) is 0 Å². The molecule has 1 aliphatic carbocycles. The first-order chi connectivity index (χ1) is 9.20. The molecule has 1 aliphatic rings. The van der Waals surface area contributed by atoms with E-state index in [1.807, 2.05) is 0 Å². The minimum atomic E-state index is 0.245. The molecule has 1 fully saturated rings. The Morgan fingerprint density at radius 2 is 2.05 bits per heavy atom. The summed E-state index contributed by atoms with van der Waals surface area (Å²) in [5, 5.41) is 3.60. The number of rotatable bonds is 5. The molecule has 0 heterocycles. The van der Waals surface area contributed by atoms with Gasteiger partial charge in [-0.2, -0.15) is 0 Å². The van der Waals surface area contributed by atoms with Crippen molar-refractivity contribution >= 4 is 0 Å². The van der Waals surface area contributed by atoms with Crippen molar-refractivity contribution in [2.75, 3.05) is 6.54 Å². The smallest absolute Gasteiger partial charge is 0.123 e. The molecule has 106 valence electrons. The van der Waals surface area contributed by atoms with Crippen molar-refractivity contribution in [2.45, 2.75) is 64.5 Å². The summed E-state index contributed by atoms with van der Waals surface area (Å²) >= 11 is 0. The fourth-order valence-electron chi connectivity index (χ4n) is 3.13. The fourth-order valence-corrected chi connectivity index (χ4v) is 3.13. The van der Waals surface area contributed by atoms with Crippen LogP contribution < -0.4 is 10.1 Å². The number of hydrogen-bond donors (Lipinski definition) is 1. The van der Waals surface area contributed by atoms with Crippen molar-refractivity contribution in [3.8, 4) is 5.75 Å². The van der Waals surface area contributed by atoms with Crippen LogP contribution in [-0.2, 0) is 0 Å². The topological polar surface area (TPSA) is 21.3 Å². The maximum absolute atomic E-state index is 5.97. The van der Waals surface area contributed by atoms with Crippen molar-refractivity contribution in [1.29, 1.82) is 0 Å². The van der Waals surface area contributed by atoms with Gasteiger partial charge in [0, 0.05) is 6.04 Å². The molecule has 0 saturated heterocycles. The first-order valence-electron chi connectivity index (χ1n) is 7.69. The van der Waals surface area contributed by atoms with Gasteiger partial charge in [0.2, 0.25) is 0 Å². The van der Waals surface area contributed by atoms with E-state index in [4.69, 9.17) is 4.74 Å². The summed E-state index contributed by atoms with van der Waals surface area (Å²) in [6.45, 7) is 7.46. The highest BCUT2D eigenvalue weighted by Crippen LogP contribution is 2.37. The second kappa shape index (κ2) is 6.95. The quantitative estimate of drug-likeness (QED) is 0.861. The van der Waals surface area contributed by atoms with Crippen molar-refractivity contribution in [2.24, 2.45) is 0 Å². The third-order valence-corrected chi connectivity index (χ3v) is 3.89. The molecular formula is C17H27NO. The largest absolute Gasteiger partial charge is 0.491 e. The van der Waals surface area contributed by atoms with E-state index in [0.29, 0.717) is 12.0 Å². The molecule has 2 atom stereocenters. The lowest BCUT2D eigenvalue weighted by molar-refractivity contribution is 0.235. The van der Waals surface area contributed by atoms with Crippen LogP contribution in [0.25, 0.3) is 0 Å². The Morgan fingerprint density at radius 3 is 2.79 bits per heavy atom. The summed E-state index contributed by atoms with van der Waals surface area (Å²) in [5.41, 5.74) is 1.40. The predicted octanol–water partition coefficient (Wildman–Crippen LogP) is 4.11. The van der Waals surface area contributed by atoms with E-state index >= 15 is 0 Å². The monoisotopic (exact) mass is 261 g/mol. The zero-order valence-electron chi connectivity index (χ0n) is 12.5. The van der Waals surface area contributed by atoms with E-state index in [-0.39, 0.29) is 6.10 Å². The van der Waals surface area contributed by atoms with Gasteiger partial charge in [-0.15, -0.1) is 0 Å². The van der Waals surface area contributed by atoms with E-state index in [1.165, 1.54) is 31.2 Å². The lowest BCUT2D eigenvalue weighted by Gasteiger charge is -2.31. The maximum atomic E-state index is 5.97. The van der Waals surface area contributed by atoms with Crippen LogP contribution in [0.3, 0.4) is 0 Å². The lowest BCUT2D eigenvalue weighted by atomic mass is 9.81. The van der Waals surface area contributed by atoms with Crippen molar-refractivity contribution in [3.63, 3.8) is 0 Å². The van der Waals surface area contributed by atoms with Gasteiger partial charge in [-0.1, -0.05) is 31.5 Å². The van der Waals surface area contributed by atoms with E-state index < -0.39 is 0 Å². The van der Waals surface area contributed by atoms with Crippen LogP contribution >= 0.6 is 0 Å². The van der Waals surface area contributed by atoms with Crippen LogP contribution in [0.4, 0.5) is 0 Å². The van der Waals surface area contributed by atoms with E-state index in [1.54, 1.807) is 0 Å². The zero-order valence-corrected chi connectivity index (χ0v) is 12.5. The van der Waals surface area contributed by atoms with Gasteiger partial charge in [0.1, 0.15) is 5.75 Å². The Bertz CT molecular complexity index is 387. The van der Waals surface area contributed by atoms with Crippen LogP contribution in [0, 0.1) is 0 Å². The Kier molecular flexibility index (Phi) is 5.26. The highest BCUT2D eigenvalue weighted by Gasteiger charge is 2.24. The number of nitrogens with one attached hydrogen (secondary N) is 1. The summed E-state index contributed by atoms with van der Waals surface area (Å²) in [5.74, 6) is 1.73. The SMILES string of the molecule is CCNC1CCCC(c2ccccc2OC(C)C)C1. The van der Waals surface area contributed by atoms with Gasteiger partial charge in [-0.25, -0.2) is 0 Å². The molecule has 0 aliphatic heterocycles. The molecule has 0 radical (unpaired) electrons. The van der Waals surface area contributed by atoms with Gasteiger partial charge < -0.3 is 10.1 Å². The Hall–Kier alpha value is -1.02. The molecule has 1 aromatic rings. The second-order valence-corrected chi connectivity index (χ2v) is 5.82. The van der Waals surface area contributed by atoms with Crippen LogP contribution in [0.2, 0.25) is 0 Å². The molecule has 1 saturated carbocycles. The fraction of sp³-hybridized carbons (Fsp3) is 0.647.